The molecule has 2 aromatic heterocycles. The predicted molar refractivity (Wildman–Crippen MR) is 111 cm³/mol. The minimum atomic E-state index is -0.0868. The van der Waals surface area contributed by atoms with Crippen LogP contribution in [0.1, 0.15) is 17.4 Å². The number of carbonyl (C=O) groups is 1. The molecule has 0 saturated carbocycles. The van der Waals surface area contributed by atoms with Crippen LogP contribution in [0.25, 0.3) is 11.4 Å². The number of thioether (sulfide) groups is 1. The number of aromatic nitrogens is 3. The van der Waals surface area contributed by atoms with Crippen LogP contribution in [0.3, 0.4) is 0 Å². The Labute approximate surface area is 167 Å². The van der Waals surface area contributed by atoms with Gasteiger partial charge in [-0.3, -0.25) is 4.79 Å². The third-order valence-electron chi connectivity index (χ3n) is 4.14. The molecule has 0 bridgehead atoms. The minimum Gasteiger partial charge on any atom is -0.494 e. The van der Waals surface area contributed by atoms with E-state index >= 15 is 0 Å². The minimum absolute atomic E-state index is 0.0868. The van der Waals surface area contributed by atoms with Crippen molar-refractivity contribution in [3.8, 4) is 17.1 Å². The Hall–Kier alpha value is -2.32. The highest BCUT2D eigenvalue weighted by molar-refractivity contribution is 7.99. The van der Waals surface area contributed by atoms with Gasteiger partial charge in [-0.1, -0.05) is 11.8 Å². The maximum atomic E-state index is 12.2. The van der Waals surface area contributed by atoms with E-state index in [1.165, 1.54) is 22.2 Å². The van der Waals surface area contributed by atoms with Gasteiger partial charge in [-0.05, 0) is 50.6 Å². The van der Waals surface area contributed by atoms with Crippen molar-refractivity contribution in [1.29, 1.82) is 0 Å². The molecule has 1 amide bonds. The van der Waals surface area contributed by atoms with Crippen molar-refractivity contribution in [2.24, 2.45) is 7.05 Å². The second-order valence-corrected chi connectivity index (χ2v) is 8.02. The lowest BCUT2D eigenvalue weighted by Gasteiger charge is -2.07. The summed E-state index contributed by atoms with van der Waals surface area (Å²) in [6.45, 7) is 6.74. The van der Waals surface area contributed by atoms with Crippen molar-refractivity contribution >= 4 is 34.7 Å². The van der Waals surface area contributed by atoms with Crippen LogP contribution in [0, 0.1) is 13.8 Å². The van der Waals surface area contributed by atoms with E-state index in [2.05, 4.69) is 34.7 Å². The summed E-state index contributed by atoms with van der Waals surface area (Å²) in [5.41, 5.74) is 3.06. The van der Waals surface area contributed by atoms with Crippen LogP contribution in [0.5, 0.6) is 5.75 Å². The first-order chi connectivity index (χ1) is 13.0. The zero-order chi connectivity index (χ0) is 19.4. The third-order valence-corrected chi connectivity index (χ3v) is 6.18. The fourth-order valence-electron chi connectivity index (χ4n) is 2.54. The lowest BCUT2D eigenvalue weighted by molar-refractivity contribution is -0.113. The van der Waals surface area contributed by atoms with E-state index in [1.54, 1.807) is 11.3 Å². The van der Waals surface area contributed by atoms with Gasteiger partial charge in [0.2, 0.25) is 5.91 Å². The molecule has 0 saturated heterocycles. The SMILES string of the molecule is CCOc1ccc(NC(=O)CSc2nnc(-c3csc(C)c3C)n2C)cc1. The zero-order valence-corrected chi connectivity index (χ0v) is 17.4. The smallest absolute Gasteiger partial charge is 0.234 e. The van der Waals surface area contributed by atoms with Crippen LogP contribution in [0.2, 0.25) is 0 Å². The van der Waals surface area contributed by atoms with E-state index in [0.717, 1.165) is 28.0 Å². The molecule has 27 heavy (non-hydrogen) atoms. The van der Waals surface area contributed by atoms with Crippen molar-refractivity contribution in [3.05, 3.63) is 40.1 Å². The summed E-state index contributed by atoms with van der Waals surface area (Å²) in [6, 6.07) is 7.34. The summed E-state index contributed by atoms with van der Waals surface area (Å²) < 4.78 is 7.33. The molecule has 0 aliphatic rings. The Balaban J connectivity index is 1.60. The second-order valence-electron chi connectivity index (χ2n) is 5.99. The zero-order valence-electron chi connectivity index (χ0n) is 15.8. The average molecular weight is 403 g/mol. The molecule has 1 aromatic carbocycles. The number of thiophene rings is 1. The second kappa shape index (κ2) is 8.58. The maximum absolute atomic E-state index is 12.2. The Morgan fingerprint density at radius 1 is 1.26 bits per heavy atom. The first-order valence-corrected chi connectivity index (χ1v) is 10.5. The molecule has 0 unspecified atom stereocenters. The van der Waals surface area contributed by atoms with Gasteiger partial charge in [0, 0.05) is 28.6 Å². The molecular weight excluding hydrogens is 380 g/mol. The van der Waals surface area contributed by atoms with Gasteiger partial charge in [0.25, 0.3) is 0 Å². The topological polar surface area (TPSA) is 69.0 Å². The van der Waals surface area contributed by atoms with Gasteiger partial charge in [0.05, 0.1) is 12.4 Å². The van der Waals surface area contributed by atoms with Crippen molar-refractivity contribution < 1.29 is 9.53 Å². The van der Waals surface area contributed by atoms with Gasteiger partial charge < -0.3 is 14.6 Å². The van der Waals surface area contributed by atoms with E-state index in [-0.39, 0.29) is 11.7 Å². The number of amides is 1. The number of ether oxygens (including phenoxy) is 1. The molecule has 0 spiro atoms. The highest BCUT2D eigenvalue weighted by Gasteiger charge is 2.16. The number of carbonyl (C=O) groups excluding carboxylic acids is 1. The number of anilines is 1. The number of nitrogens with zero attached hydrogens (tertiary/aromatic N) is 3. The monoisotopic (exact) mass is 402 g/mol. The lowest BCUT2D eigenvalue weighted by Crippen LogP contribution is -2.14. The molecule has 3 rings (SSSR count). The molecule has 6 nitrogen and oxygen atoms in total. The number of hydrogen-bond donors (Lipinski definition) is 1. The van der Waals surface area contributed by atoms with Gasteiger partial charge in [-0.25, -0.2) is 0 Å². The van der Waals surface area contributed by atoms with Crippen LogP contribution in [0.15, 0.2) is 34.8 Å². The van der Waals surface area contributed by atoms with E-state index in [0.29, 0.717) is 6.61 Å². The molecule has 142 valence electrons. The summed E-state index contributed by atoms with van der Waals surface area (Å²) in [5, 5.41) is 14.2. The standard InChI is InChI=1S/C19H22N4O2S2/c1-5-25-15-8-6-14(7-9-15)20-17(24)11-27-19-22-21-18(23(19)4)16-10-26-13(3)12(16)2/h6-10H,5,11H2,1-4H3,(H,20,24). The molecular formula is C19H22N4O2S2. The van der Waals surface area contributed by atoms with Gasteiger partial charge in [0.1, 0.15) is 5.75 Å². The van der Waals surface area contributed by atoms with Crippen molar-refractivity contribution in [2.75, 3.05) is 17.7 Å². The number of nitrogens with one attached hydrogen (secondary N) is 1. The summed E-state index contributed by atoms with van der Waals surface area (Å²) in [5.74, 6) is 1.79. The number of benzene rings is 1. The van der Waals surface area contributed by atoms with Crippen LogP contribution in [-0.2, 0) is 11.8 Å². The van der Waals surface area contributed by atoms with Crippen LogP contribution in [-0.4, -0.2) is 33.0 Å². The highest BCUT2D eigenvalue weighted by atomic mass is 32.2. The molecule has 0 aliphatic heterocycles. The molecule has 2 heterocycles. The first-order valence-electron chi connectivity index (χ1n) is 8.59. The molecule has 0 atom stereocenters. The van der Waals surface area contributed by atoms with Crippen molar-refractivity contribution in [1.82, 2.24) is 14.8 Å². The number of rotatable bonds is 7. The number of hydrogen-bond acceptors (Lipinski definition) is 6. The summed E-state index contributed by atoms with van der Waals surface area (Å²) in [7, 11) is 1.93. The normalized spacial score (nSPS) is 10.8. The van der Waals surface area contributed by atoms with Gasteiger partial charge in [-0.15, -0.1) is 21.5 Å². The fraction of sp³-hybridized carbons (Fsp3) is 0.316. The Bertz CT molecular complexity index is 932. The van der Waals surface area contributed by atoms with Gasteiger partial charge in [-0.2, -0.15) is 0 Å². The molecule has 0 aliphatic carbocycles. The quantitative estimate of drug-likeness (QED) is 0.597. The third kappa shape index (κ3) is 4.51. The van der Waals surface area contributed by atoms with E-state index in [9.17, 15) is 4.79 Å². The Kier molecular flexibility index (Phi) is 6.18. The summed E-state index contributed by atoms with van der Waals surface area (Å²) in [6.07, 6.45) is 0. The largest absolute Gasteiger partial charge is 0.494 e. The summed E-state index contributed by atoms with van der Waals surface area (Å²) in [4.78, 5) is 13.5. The molecule has 0 radical (unpaired) electrons. The van der Waals surface area contributed by atoms with Gasteiger partial charge >= 0.3 is 0 Å². The first kappa shape index (κ1) is 19.4. The molecule has 1 N–H and O–H groups in total. The molecule has 3 aromatic rings. The van der Waals surface area contributed by atoms with Crippen LogP contribution >= 0.6 is 23.1 Å². The predicted octanol–water partition coefficient (Wildman–Crippen LogP) is 4.29. The number of aryl methyl sites for hydroxylation is 1. The molecule has 8 heteroatoms. The fourth-order valence-corrected chi connectivity index (χ4v) is 4.11. The van der Waals surface area contributed by atoms with E-state index < -0.39 is 0 Å². The Morgan fingerprint density at radius 3 is 2.63 bits per heavy atom. The lowest BCUT2D eigenvalue weighted by atomic mass is 10.2. The van der Waals surface area contributed by atoms with E-state index in [1.807, 2.05) is 42.8 Å². The Morgan fingerprint density at radius 2 is 2.00 bits per heavy atom. The van der Waals surface area contributed by atoms with Gasteiger partial charge in [0.15, 0.2) is 11.0 Å². The maximum Gasteiger partial charge on any atom is 0.234 e. The van der Waals surface area contributed by atoms with E-state index in [4.69, 9.17) is 4.74 Å². The van der Waals surface area contributed by atoms with Crippen LogP contribution in [0.4, 0.5) is 5.69 Å². The van der Waals surface area contributed by atoms with Crippen molar-refractivity contribution in [2.45, 2.75) is 25.9 Å². The summed E-state index contributed by atoms with van der Waals surface area (Å²) >= 11 is 3.08. The highest BCUT2D eigenvalue weighted by Crippen LogP contribution is 2.30. The van der Waals surface area contributed by atoms with Crippen molar-refractivity contribution in [3.63, 3.8) is 0 Å². The van der Waals surface area contributed by atoms with Crippen LogP contribution < -0.4 is 10.1 Å². The average Bonchev–Trinajstić information content (AvgIpc) is 3.18. The molecule has 0 fully saturated rings.